The number of hydrogen-bond donors (Lipinski definition) is 0. The van der Waals surface area contributed by atoms with Crippen LogP contribution in [0.15, 0.2) is 34.9 Å². The molecule has 0 radical (unpaired) electrons. The number of rotatable bonds is 0. The Hall–Kier alpha value is 0.0600. The van der Waals surface area contributed by atoms with Crippen molar-refractivity contribution in [3.05, 3.63) is 62.0 Å². The Balaban J connectivity index is -0.000000192. The predicted octanol–water partition coefficient (Wildman–Crippen LogP) is 3.76. The van der Waals surface area contributed by atoms with Crippen molar-refractivity contribution < 1.29 is 23.3 Å². The predicted molar refractivity (Wildman–Crippen MR) is 78.4 cm³/mol. The van der Waals surface area contributed by atoms with Gasteiger partial charge < -0.3 is 14.9 Å². The second-order valence-corrected chi connectivity index (χ2v) is 3.39. The second kappa shape index (κ2) is 14.1. The summed E-state index contributed by atoms with van der Waals surface area (Å²) in [5.41, 5.74) is 4.25. The molecule has 17 heavy (non-hydrogen) atoms. The Kier molecular flexibility index (Phi) is 18.5. The van der Waals surface area contributed by atoms with Crippen LogP contribution in [0.1, 0.15) is 33.6 Å². The molecular formula is C15H24SiZr-4. The Bertz CT molecular complexity index is 293. The first-order chi connectivity index (χ1) is 7.22. The molecule has 0 nitrogen and oxygen atoms in total. The maximum atomic E-state index is 3.26. The van der Waals surface area contributed by atoms with Gasteiger partial charge in [0.1, 0.15) is 0 Å². The molecule has 2 rings (SSSR count). The van der Waals surface area contributed by atoms with E-state index in [4.69, 9.17) is 0 Å². The molecule has 0 aliphatic heterocycles. The molecule has 0 aromatic heterocycles. The van der Waals surface area contributed by atoms with Crippen LogP contribution in [0.3, 0.4) is 0 Å². The van der Waals surface area contributed by atoms with E-state index in [1.807, 2.05) is 19.0 Å². The average Bonchev–Trinajstić information content (AvgIpc) is 2.92. The fourth-order valence-corrected chi connectivity index (χ4v) is 1.19. The van der Waals surface area contributed by atoms with Crippen molar-refractivity contribution in [2.75, 3.05) is 0 Å². The summed E-state index contributed by atoms with van der Waals surface area (Å²) in [5.74, 6) is 0. The molecule has 0 N–H and O–H groups in total. The Morgan fingerprint density at radius 1 is 1.18 bits per heavy atom. The van der Waals surface area contributed by atoms with Crippen LogP contribution in [-0.4, -0.2) is 6.88 Å². The fraction of sp³-hybridized carbons (Fsp3) is 0.333. The van der Waals surface area contributed by atoms with E-state index < -0.39 is 0 Å². The molecule has 0 amide bonds. The van der Waals surface area contributed by atoms with Crippen molar-refractivity contribution in [1.82, 2.24) is 0 Å². The average molecular weight is 324 g/mol. The number of hydrogen-bond acceptors (Lipinski definition) is 0. The van der Waals surface area contributed by atoms with Gasteiger partial charge >= 0.3 is 30.2 Å². The second-order valence-electron chi connectivity index (χ2n) is 3.39. The van der Waals surface area contributed by atoms with Crippen LogP contribution in [-0.2, 0) is 23.3 Å². The van der Waals surface area contributed by atoms with Crippen LogP contribution >= 0.6 is 0 Å². The van der Waals surface area contributed by atoms with E-state index in [1.54, 1.807) is 23.3 Å². The minimum absolute atomic E-state index is 0. The molecule has 0 fully saturated rings. The van der Waals surface area contributed by atoms with Crippen LogP contribution in [0.4, 0.5) is 0 Å². The third-order valence-corrected chi connectivity index (χ3v) is 2.41. The van der Waals surface area contributed by atoms with Crippen LogP contribution in [0.5, 0.6) is 0 Å². The molecule has 0 spiro atoms. The van der Waals surface area contributed by atoms with E-state index in [0.717, 1.165) is 12.8 Å². The van der Waals surface area contributed by atoms with E-state index in [1.165, 1.54) is 16.7 Å². The summed E-state index contributed by atoms with van der Waals surface area (Å²) in [6.07, 6.45) is 14.3. The zero-order valence-electron chi connectivity index (χ0n) is 11.9. The molecule has 0 atom stereocenters. The van der Waals surface area contributed by atoms with Gasteiger partial charge in [-0.3, -0.25) is 12.2 Å². The molecule has 0 unspecified atom stereocenters. The third kappa shape index (κ3) is 9.73. The van der Waals surface area contributed by atoms with E-state index in [9.17, 15) is 0 Å². The fourth-order valence-electron chi connectivity index (χ4n) is 1.19. The van der Waals surface area contributed by atoms with Gasteiger partial charge in [0.2, 0.25) is 0 Å². The van der Waals surface area contributed by atoms with Crippen molar-refractivity contribution in [2.45, 2.75) is 33.6 Å². The van der Waals surface area contributed by atoms with Gasteiger partial charge in [-0.2, -0.15) is 17.2 Å². The van der Waals surface area contributed by atoms with Crippen LogP contribution < -0.4 is 0 Å². The molecule has 2 aliphatic carbocycles. The van der Waals surface area contributed by atoms with Gasteiger partial charge in [0.05, 0.1) is 0 Å². The van der Waals surface area contributed by atoms with E-state index >= 15 is 0 Å². The van der Waals surface area contributed by atoms with Crippen molar-refractivity contribution in [1.29, 1.82) is 0 Å². The first-order valence-corrected chi connectivity index (χ1v) is 10.9. The summed E-state index contributed by atoms with van der Waals surface area (Å²) in [5, 5.41) is 0. The number of allylic oxidation sites excluding steroid dienone is 8. The van der Waals surface area contributed by atoms with Crippen LogP contribution in [0, 0.1) is 27.0 Å². The molecule has 2 heteroatoms. The van der Waals surface area contributed by atoms with Crippen molar-refractivity contribution in [3.63, 3.8) is 0 Å². The summed E-state index contributed by atoms with van der Waals surface area (Å²) in [6, 6.07) is 0. The molecule has 0 saturated heterocycles. The zero-order valence-corrected chi connectivity index (χ0v) is 15.7. The topological polar surface area (TPSA) is 0 Å². The molecular weight excluding hydrogens is 299 g/mol. The Morgan fingerprint density at radius 3 is 1.88 bits per heavy atom. The SMILES string of the molecule is CC1=[C-]CC(C)=C1C.[C-]1=CC=CC1.[CH3-].[CH3-].[SiH2]=[Zr]. The van der Waals surface area contributed by atoms with Gasteiger partial charge in [-0.15, -0.1) is 19.8 Å². The first kappa shape index (κ1) is 22.3. The van der Waals surface area contributed by atoms with Crippen LogP contribution in [0.2, 0.25) is 0 Å². The van der Waals surface area contributed by atoms with Gasteiger partial charge in [0.25, 0.3) is 0 Å². The van der Waals surface area contributed by atoms with E-state index in [2.05, 4.69) is 39.0 Å². The standard InChI is InChI=1S/C8H11.C5H5.2CH3.H2Si.Zr/c1-6-4-5-7(2)8(6)3;1-2-4-5-3-1;;;;/h4H2,1-3H3;1-3H,4H2;2*1H3;1H2;/q4*-1;;. The maximum absolute atomic E-state index is 3.26. The molecule has 2 aliphatic rings. The monoisotopic (exact) mass is 322 g/mol. The molecule has 0 saturated carbocycles. The van der Waals surface area contributed by atoms with Crippen molar-refractivity contribution >= 4 is 6.88 Å². The molecule has 0 aromatic rings. The normalized spacial score (nSPS) is 14.6. The van der Waals surface area contributed by atoms with Gasteiger partial charge in [-0.25, -0.2) is 17.7 Å². The Morgan fingerprint density at radius 2 is 1.76 bits per heavy atom. The summed E-state index contributed by atoms with van der Waals surface area (Å²) in [6.45, 7) is 8.39. The van der Waals surface area contributed by atoms with Crippen molar-refractivity contribution in [2.24, 2.45) is 0 Å². The summed E-state index contributed by atoms with van der Waals surface area (Å²) < 4.78 is 0. The summed E-state index contributed by atoms with van der Waals surface area (Å²) >= 11 is 1.58. The van der Waals surface area contributed by atoms with E-state index in [-0.39, 0.29) is 14.9 Å². The molecule has 0 aromatic carbocycles. The van der Waals surface area contributed by atoms with Gasteiger partial charge in [0, 0.05) is 0 Å². The van der Waals surface area contributed by atoms with Crippen molar-refractivity contribution in [3.8, 4) is 0 Å². The minimum atomic E-state index is 0. The Labute approximate surface area is 125 Å². The van der Waals surface area contributed by atoms with Gasteiger partial charge in [0.15, 0.2) is 0 Å². The summed E-state index contributed by atoms with van der Waals surface area (Å²) in [4.78, 5) is 0. The molecule has 0 heterocycles. The first-order valence-electron chi connectivity index (χ1n) is 5.03. The van der Waals surface area contributed by atoms with Gasteiger partial charge in [-0.1, -0.05) is 13.8 Å². The summed E-state index contributed by atoms with van der Waals surface area (Å²) in [7, 11) is 0. The molecule has 0 bridgehead atoms. The third-order valence-electron chi connectivity index (χ3n) is 2.41. The van der Waals surface area contributed by atoms with E-state index in [0.29, 0.717) is 0 Å². The zero-order chi connectivity index (χ0) is 11.7. The van der Waals surface area contributed by atoms with Crippen LogP contribution in [0.25, 0.3) is 0 Å². The quantitative estimate of drug-likeness (QED) is 0.470. The van der Waals surface area contributed by atoms with Gasteiger partial charge in [-0.05, 0) is 0 Å². The molecule has 96 valence electrons.